The molecule has 0 N–H and O–H groups in total. The Morgan fingerprint density at radius 3 is 1.86 bits per heavy atom. The molecule has 8 rings (SSSR count). The van der Waals surface area contributed by atoms with Gasteiger partial charge in [0.25, 0.3) is 0 Å². The second-order valence-electron chi connectivity index (χ2n) is 10.3. The van der Waals surface area contributed by atoms with Crippen molar-refractivity contribution >= 4 is 29.7 Å². The topological polar surface area (TPSA) is 34.2 Å². The molecule has 3 aromatic heterocycles. The maximum atomic E-state index is 16.8. The van der Waals surface area contributed by atoms with Crippen LogP contribution in [0.2, 0.25) is 0 Å². The Balaban J connectivity index is 1.44. The third-order valence-electron chi connectivity index (χ3n) is 7.81. The molecule has 6 aromatic rings. The van der Waals surface area contributed by atoms with Gasteiger partial charge in [0.1, 0.15) is 40.4 Å². The minimum absolute atomic E-state index is 0.0127. The van der Waals surface area contributed by atoms with Gasteiger partial charge in [-0.25, -0.2) is 26.3 Å². The largest absolute Gasteiger partial charge is 0.738 e. The molecule has 0 fully saturated rings. The van der Waals surface area contributed by atoms with Crippen molar-refractivity contribution in [1.29, 1.82) is 0 Å². The van der Waals surface area contributed by atoms with Crippen LogP contribution in [-0.2, 0) is 0 Å². The van der Waals surface area contributed by atoms with E-state index in [9.17, 15) is 26.3 Å². The van der Waals surface area contributed by atoms with Crippen molar-refractivity contribution in [3.05, 3.63) is 135 Å². The summed E-state index contributed by atoms with van der Waals surface area (Å²) < 4.78 is 133. The molecular formula is C31H13BF8N2O2. The zero-order chi connectivity index (χ0) is 30.7. The second-order valence-corrected chi connectivity index (χ2v) is 10.3. The lowest BCUT2D eigenvalue weighted by Gasteiger charge is -2.31. The Bertz CT molecular complexity index is 2360. The summed E-state index contributed by atoms with van der Waals surface area (Å²) in [5.41, 5.74) is -2.00. The Kier molecular flexibility index (Phi) is 5.29. The number of aromatic nitrogens is 1. The summed E-state index contributed by atoms with van der Waals surface area (Å²) in [7, 11) is 0. The maximum Gasteiger partial charge on any atom is 0.738 e. The lowest BCUT2D eigenvalue weighted by atomic mass is 9.86. The average Bonchev–Trinajstić information content (AvgIpc) is 3.70. The van der Waals surface area contributed by atoms with E-state index in [0.717, 1.165) is 60.7 Å². The lowest BCUT2D eigenvalue weighted by molar-refractivity contribution is 0.507. The van der Waals surface area contributed by atoms with Gasteiger partial charge in [-0.3, -0.25) is 0 Å². The van der Waals surface area contributed by atoms with E-state index in [4.69, 9.17) is 8.83 Å². The summed E-state index contributed by atoms with van der Waals surface area (Å²) in [5.74, 6) is -7.03. The van der Waals surface area contributed by atoms with Gasteiger partial charge in [-0.05, 0) is 42.0 Å². The lowest BCUT2D eigenvalue weighted by Crippen LogP contribution is -2.56. The van der Waals surface area contributed by atoms with E-state index in [1.165, 1.54) is 18.2 Å². The number of fused-ring (bicyclic) bond motifs is 5. The van der Waals surface area contributed by atoms with Gasteiger partial charge in [-0.1, -0.05) is 18.2 Å². The number of halogens is 8. The number of allylic oxidation sites excluding steroid dienone is 1. The fourth-order valence-corrected chi connectivity index (χ4v) is 5.98. The van der Waals surface area contributed by atoms with Gasteiger partial charge in [0.05, 0.1) is 34.4 Å². The minimum Gasteiger partial charge on any atom is -0.454 e. The predicted molar refractivity (Wildman–Crippen MR) is 144 cm³/mol. The fourth-order valence-electron chi connectivity index (χ4n) is 5.98. The molecule has 44 heavy (non-hydrogen) atoms. The molecule has 0 unspecified atom stereocenters. The first kappa shape index (κ1) is 26.3. The van der Waals surface area contributed by atoms with Crippen molar-refractivity contribution in [2.24, 2.45) is 0 Å². The van der Waals surface area contributed by atoms with Crippen LogP contribution < -0.4 is 15.3 Å². The first-order valence-electron chi connectivity index (χ1n) is 13.1. The third-order valence-corrected chi connectivity index (χ3v) is 7.81. The molecule has 0 aliphatic carbocycles. The summed E-state index contributed by atoms with van der Waals surface area (Å²) in [6, 6.07) is 12.4. The molecule has 5 heterocycles. The molecule has 0 spiro atoms. The Hall–Kier alpha value is -5.33. The molecule has 0 radical (unpaired) electrons. The molecule has 13 heteroatoms. The molecule has 3 aromatic carbocycles. The zero-order valence-corrected chi connectivity index (χ0v) is 21.8. The van der Waals surface area contributed by atoms with E-state index in [-0.39, 0.29) is 55.9 Å². The zero-order valence-electron chi connectivity index (χ0n) is 21.8. The normalized spacial score (nSPS) is 15.0. The molecular weight excluding hydrogens is 595 g/mol. The first-order chi connectivity index (χ1) is 21.0. The van der Waals surface area contributed by atoms with E-state index in [0.29, 0.717) is 8.96 Å². The second kappa shape index (κ2) is 8.85. The van der Waals surface area contributed by atoms with Gasteiger partial charge in [-0.15, -0.1) is 0 Å². The summed E-state index contributed by atoms with van der Waals surface area (Å²) in [6.45, 7) is -4.86. The van der Waals surface area contributed by atoms with Crippen LogP contribution in [0.5, 0.6) is 0 Å². The quantitative estimate of drug-likeness (QED) is 0.161. The third kappa shape index (κ3) is 3.49. The average molecular weight is 608 g/mol. The Morgan fingerprint density at radius 1 is 0.636 bits per heavy atom. The number of hydrogen-bond donors (Lipinski definition) is 0. The van der Waals surface area contributed by atoms with E-state index in [2.05, 4.69) is 0 Å². The molecule has 0 atom stereocenters. The van der Waals surface area contributed by atoms with Gasteiger partial charge in [0, 0.05) is 17.8 Å². The van der Waals surface area contributed by atoms with Gasteiger partial charge in [0.2, 0.25) is 5.36 Å². The molecule has 0 bridgehead atoms. The van der Waals surface area contributed by atoms with Crippen LogP contribution >= 0.6 is 0 Å². The number of hydrogen-bond acceptors (Lipinski definition) is 2. The molecule has 218 valence electrons. The first-order valence-corrected chi connectivity index (χ1v) is 13.1. The van der Waals surface area contributed by atoms with Crippen LogP contribution in [0.1, 0.15) is 11.3 Å². The number of benzene rings is 3. The smallest absolute Gasteiger partial charge is 0.454 e. The van der Waals surface area contributed by atoms with Crippen molar-refractivity contribution in [1.82, 2.24) is 8.96 Å². The van der Waals surface area contributed by atoms with E-state index in [1.54, 1.807) is 0 Å². The van der Waals surface area contributed by atoms with E-state index < -0.39 is 53.0 Å². The van der Waals surface area contributed by atoms with Gasteiger partial charge in [0.15, 0.2) is 22.7 Å². The molecule has 0 saturated carbocycles. The molecule has 2 aliphatic rings. The van der Waals surface area contributed by atoms with Crippen LogP contribution in [0.15, 0.2) is 87.3 Å². The molecule has 0 amide bonds. The maximum absolute atomic E-state index is 16.8. The van der Waals surface area contributed by atoms with Crippen LogP contribution in [0.25, 0.3) is 45.4 Å². The van der Waals surface area contributed by atoms with Crippen LogP contribution in [0, 0.1) is 34.9 Å². The van der Waals surface area contributed by atoms with Crippen LogP contribution in [0.4, 0.5) is 35.0 Å². The highest BCUT2D eigenvalue weighted by molar-refractivity contribution is 6.65. The van der Waals surface area contributed by atoms with Crippen LogP contribution in [0.3, 0.4) is 0 Å². The summed E-state index contributed by atoms with van der Waals surface area (Å²) >= 11 is 0. The van der Waals surface area contributed by atoms with E-state index >= 15 is 8.63 Å². The standard InChI is InChI=1S/C31H13BF8N2O2/c33-15-8-7-14(9-20(15)38)29-23-12-25-21(10-27(43-25)30-16(34)3-1-4-17(30)35)41(23)32(39,40)42-22-11-28(44-26(22)13-24(29)42)31-18(36)5-2-6-19(31)37/h1-13H. The van der Waals surface area contributed by atoms with Crippen molar-refractivity contribution < 1.29 is 43.8 Å². The van der Waals surface area contributed by atoms with Gasteiger partial charge < -0.3 is 26.4 Å². The summed E-state index contributed by atoms with van der Waals surface area (Å²) in [4.78, 5) is 0. The van der Waals surface area contributed by atoms with Crippen LogP contribution in [-0.4, -0.2) is 11.4 Å². The summed E-state index contributed by atoms with van der Waals surface area (Å²) in [6.07, 6.45) is 1.21. The highest BCUT2D eigenvalue weighted by Crippen LogP contribution is 2.43. The van der Waals surface area contributed by atoms with Crippen molar-refractivity contribution in [3.63, 3.8) is 0 Å². The molecule has 4 nitrogen and oxygen atoms in total. The minimum atomic E-state index is -4.86. The number of rotatable bonds is 3. The SMILES string of the molecule is Fc1ccc(C2=C3C=c4oc(-c5c(F)cccc5F)cc4=[N+]3[B-](F)(F)n3c2cc2oc(-c4c(F)cccc4F)cc23)cc1F. The van der Waals surface area contributed by atoms with E-state index in [1.807, 2.05) is 0 Å². The van der Waals surface area contributed by atoms with Gasteiger partial charge >= 0.3 is 6.97 Å². The van der Waals surface area contributed by atoms with Crippen molar-refractivity contribution in [3.8, 4) is 22.6 Å². The highest BCUT2D eigenvalue weighted by atomic mass is 19.2. The molecule has 2 aliphatic heterocycles. The summed E-state index contributed by atoms with van der Waals surface area (Å²) in [5, 5.41) is -0.251. The predicted octanol–water partition coefficient (Wildman–Crippen LogP) is 6.98. The Morgan fingerprint density at radius 2 is 1.25 bits per heavy atom. The highest BCUT2D eigenvalue weighted by Gasteiger charge is 2.54. The van der Waals surface area contributed by atoms with Crippen molar-refractivity contribution in [2.75, 3.05) is 0 Å². The van der Waals surface area contributed by atoms with Crippen molar-refractivity contribution in [2.45, 2.75) is 0 Å². The number of nitrogens with zero attached hydrogens (tertiary/aromatic N) is 2. The van der Waals surface area contributed by atoms with Gasteiger partial charge in [-0.2, -0.15) is 0 Å². The monoisotopic (exact) mass is 608 g/mol. The molecule has 0 saturated heterocycles. The Labute approximate surface area is 240 Å². The number of furan rings is 2. The fraction of sp³-hybridized carbons (Fsp3) is 0.